The molecular weight excluding hydrogens is 464 g/mol. The van der Waals surface area contributed by atoms with E-state index in [4.69, 9.17) is 21.1 Å². The van der Waals surface area contributed by atoms with Crippen LogP contribution in [0, 0.1) is 0 Å². The molecular formula is C20H26ClF2N5O5. The van der Waals surface area contributed by atoms with Gasteiger partial charge in [0, 0.05) is 19.2 Å². The normalized spacial score (nSPS) is 21.0. The van der Waals surface area contributed by atoms with E-state index in [1.807, 2.05) is 0 Å². The molecule has 0 radical (unpaired) electrons. The highest BCUT2D eigenvalue weighted by atomic mass is 35.5. The van der Waals surface area contributed by atoms with Crippen LogP contribution in [0.3, 0.4) is 0 Å². The van der Waals surface area contributed by atoms with Crippen LogP contribution in [-0.4, -0.2) is 76.0 Å². The molecule has 2 aliphatic heterocycles. The van der Waals surface area contributed by atoms with E-state index in [1.165, 1.54) is 6.07 Å². The Balaban J connectivity index is 2.12. The number of alkyl halides is 2. The number of halogens is 3. The van der Waals surface area contributed by atoms with Crippen LogP contribution in [0.25, 0.3) is 0 Å². The van der Waals surface area contributed by atoms with Crippen molar-refractivity contribution in [3.05, 3.63) is 11.2 Å². The van der Waals surface area contributed by atoms with E-state index in [1.54, 1.807) is 41.5 Å². The van der Waals surface area contributed by atoms with Gasteiger partial charge in [0.2, 0.25) is 0 Å². The molecule has 1 atom stereocenters. The number of imide groups is 1. The van der Waals surface area contributed by atoms with Crippen LogP contribution in [0.4, 0.5) is 29.9 Å². The molecule has 2 aliphatic rings. The van der Waals surface area contributed by atoms with Gasteiger partial charge in [-0.2, -0.15) is 4.90 Å². The van der Waals surface area contributed by atoms with Gasteiger partial charge in [0.1, 0.15) is 11.2 Å². The molecule has 3 heterocycles. The van der Waals surface area contributed by atoms with Crippen LogP contribution in [-0.2, 0) is 14.3 Å². The molecule has 1 aromatic heterocycles. The molecule has 3 amide bonds. The summed E-state index contributed by atoms with van der Waals surface area (Å²) >= 11 is 5.96. The minimum absolute atomic E-state index is 0.00426. The average Bonchev–Trinajstić information content (AvgIpc) is 2.65. The standard InChI is InChI=1S/C20H26ClF2N5O5/c1-18(2,3)32-16(30)26-7-8-27-11-9-12(21)24-25-13(11)28(17(31)33-19(4,5)6)15(29)20(27,10-26)14(22)23/h9,14H,7-8,10H2,1-6H3/t20-/m0/s1. The predicted molar refractivity (Wildman–Crippen MR) is 115 cm³/mol. The number of aromatic nitrogens is 2. The number of hydrogen-bond donors (Lipinski definition) is 0. The molecule has 0 aromatic carbocycles. The second-order valence-electron chi connectivity index (χ2n) is 9.78. The molecule has 1 aromatic rings. The smallest absolute Gasteiger partial charge is 0.423 e. The van der Waals surface area contributed by atoms with Gasteiger partial charge < -0.3 is 19.3 Å². The van der Waals surface area contributed by atoms with Crippen molar-refractivity contribution in [1.82, 2.24) is 15.1 Å². The summed E-state index contributed by atoms with van der Waals surface area (Å²) in [5, 5.41) is 7.36. The number of anilines is 2. The molecule has 1 saturated heterocycles. The maximum atomic E-state index is 14.8. The van der Waals surface area contributed by atoms with Crippen LogP contribution in [0.1, 0.15) is 41.5 Å². The van der Waals surface area contributed by atoms with Gasteiger partial charge in [-0.25, -0.2) is 18.4 Å². The average molecular weight is 490 g/mol. The molecule has 0 saturated carbocycles. The van der Waals surface area contributed by atoms with Crippen LogP contribution in [0.2, 0.25) is 5.15 Å². The van der Waals surface area contributed by atoms with Crippen molar-refractivity contribution in [3.8, 4) is 0 Å². The zero-order valence-corrected chi connectivity index (χ0v) is 19.9. The lowest BCUT2D eigenvalue weighted by Crippen LogP contribution is -2.76. The Labute approximate surface area is 194 Å². The van der Waals surface area contributed by atoms with Crippen molar-refractivity contribution in [1.29, 1.82) is 0 Å². The van der Waals surface area contributed by atoms with Gasteiger partial charge >= 0.3 is 12.2 Å². The van der Waals surface area contributed by atoms with E-state index in [0.717, 1.165) is 9.80 Å². The summed E-state index contributed by atoms with van der Waals surface area (Å²) in [6.07, 6.45) is -5.34. The number of carbonyl (C=O) groups excluding carboxylic acids is 3. The Bertz CT molecular complexity index is 981. The molecule has 0 bridgehead atoms. The Morgan fingerprint density at radius 2 is 1.64 bits per heavy atom. The molecule has 0 N–H and O–H groups in total. The van der Waals surface area contributed by atoms with E-state index in [-0.39, 0.29) is 29.7 Å². The second-order valence-corrected chi connectivity index (χ2v) is 10.2. The topological polar surface area (TPSA) is 105 Å². The SMILES string of the molecule is CC(C)(C)OC(=O)N1CCN2c3cc(Cl)nnc3N(C(=O)OC(C)(C)C)C(=O)[C@@]2(C(F)F)C1. The number of fused-ring (bicyclic) bond motifs is 3. The van der Waals surface area contributed by atoms with Crippen LogP contribution >= 0.6 is 11.6 Å². The van der Waals surface area contributed by atoms with Crippen LogP contribution in [0.15, 0.2) is 6.07 Å². The lowest BCUT2D eigenvalue weighted by atomic mass is 9.89. The second kappa shape index (κ2) is 8.23. The quantitative estimate of drug-likeness (QED) is 0.590. The van der Waals surface area contributed by atoms with Crippen molar-refractivity contribution >= 4 is 41.2 Å². The van der Waals surface area contributed by atoms with Crippen molar-refractivity contribution in [2.45, 2.75) is 64.7 Å². The molecule has 182 valence electrons. The summed E-state index contributed by atoms with van der Waals surface area (Å²) in [7, 11) is 0. The summed E-state index contributed by atoms with van der Waals surface area (Å²) in [4.78, 5) is 41.7. The highest BCUT2D eigenvalue weighted by Gasteiger charge is 2.63. The van der Waals surface area contributed by atoms with Crippen molar-refractivity contribution in [2.24, 2.45) is 0 Å². The Morgan fingerprint density at radius 3 is 2.18 bits per heavy atom. The summed E-state index contributed by atoms with van der Waals surface area (Å²) in [5.41, 5.74) is -4.49. The van der Waals surface area contributed by atoms with Gasteiger partial charge in [-0.15, -0.1) is 10.2 Å². The molecule has 33 heavy (non-hydrogen) atoms. The lowest BCUT2D eigenvalue weighted by molar-refractivity contribution is -0.132. The molecule has 3 rings (SSSR count). The third-order valence-electron chi connectivity index (χ3n) is 4.90. The van der Waals surface area contributed by atoms with Crippen molar-refractivity contribution in [3.63, 3.8) is 0 Å². The third kappa shape index (κ3) is 4.66. The monoisotopic (exact) mass is 489 g/mol. The Kier molecular flexibility index (Phi) is 6.20. The lowest BCUT2D eigenvalue weighted by Gasteiger charge is -2.53. The maximum absolute atomic E-state index is 14.8. The van der Waals surface area contributed by atoms with E-state index < -0.39 is 47.8 Å². The van der Waals surface area contributed by atoms with Crippen LogP contribution < -0.4 is 9.80 Å². The molecule has 10 nitrogen and oxygen atoms in total. The van der Waals surface area contributed by atoms with Gasteiger partial charge in [-0.05, 0) is 41.5 Å². The number of amides is 3. The third-order valence-corrected chi connectivity index (χ3v) is 5.08. The van der Waals surface area contributed by atoms with Gasteiger partial charge in [0.25, 0.3) is 12.3 Å². The fourth-order valence-electron chi connectivity index (χ4n) is 3.63. The molecule has 1 fully saturated rings. The van der Waals surface area contributed by atoms with Crippen molar-refractivity contribution < 1.29 is 32.6 Å². The maximum Gasteiger partial charge on any atom is 0.423 e. The van der Waals surface area contributed by atoms with Gasteiger partial charge in [0.05, 0.1) is 12.2 Å². The number of hydrogen-bond acceptors (Lipinski definition) is 8. The molecule has 0 spiro atoms. The van der Waals surface area contributed by atoms with E-state index in [9.17, 15) is 23.2 Å². The largest absolute Gasteiger partial charge is 0.444 e. The first-order valence-electron chi connectivity index (χ1n) is 10.2. The zero-order chi connectivity index (χ0) is 24.9. The zero-order valence-electron chi connectivity index (χ0n) is 19.2. The minimum atomic E-state index is -3.29. The number of nitrogens with zero attached hydrogens (tertiary/aromatic N) is 5. The molecule has 0 aliphatic carbocycles. The number of piperazine rings is 1. The summed E-state index contributed by atoms with van der Waals surface area (Å²) in [5.74, 6) is -1.57. The highest BCUT2D eigenvalue weighted by molar-refractivity contribution is 6.30. The number of rotatable bonds is 1. The number of carbonyl (C=O) groups is 3. The highest BCUT2D eigenvalue weighted by Crippen LogP contribution is 2.45. The predicted octanol–water partition coefficient (Wildman–Crippen LogP) is 3.47. The van der Waals surface area contributed by atoms with Gasteiger partial charge in [0.15, 0.2) is 16.5 Å². The minimum Gasteiger partial charge on any atom is -0.444 e. The van der Waals surface area contributed by atoms with E-state index >= 15 is 0 Å². The summed E-state index contributed by atoms with van der Waals surface area (Å²) in [6, 6.07) is 1.24. The fraction of sp³-hybridized carbons (Fsp3) is 0.650. The Morgan fingerprint density at radius 1 is 1.06 bits per heavy atom. The summed E-state index contributed by atoms with van der Waals surface area (Å²) < 4.78 is 40.1. The molecule has 0 unspecified atom stereocenters. The first kappa shape index (κ1) is 24.9. The molecule has 13 heteroatoms. The van der Waals surface area contributed by atoms with Gasteiger partial charge in [-0.3, -0.25) is 4.79 Å². The first-order valence-corrected chi connectivity index (χ1v) is 10.6. The Hall–Kier alpha value is -2.76. The van der Waals surface area contributed by atoms with E-state index in [0.29, 0.717) is 4.90 Å². The first-order chi connectivity index (χ1) is 15.1. The van der Waals surface area contributed by atoms with E-state index in [2.05, 4.69) is 10.2 Å². The summed E-state index contributed by atoms with van der Waals surface area (Å²) in [6.45, 7) is 8.70. The van der Waals surface area contributed by atoms with Crippen LogP contribution in [0.5, 0.6) is 0 Å². The number of ether oxygens (including phenoxy) is 2. The fourth-order valence-corrected chi connectivity index (χ4v) is 3.77. The van der Waals surface area contributed by atoms with Crippen molar-refractivity contribution in [2.75, 3.05) is 29.4 Å². The van der Waals surface area contributed by atoms with Gasteiger partial charge in [-0.1, -0.05) is 11.6 Å².